The third-order valence-electron chi connectivity index (χ3n) is 4.25. The minimum atomic E-state index is -0.190. The lowest BCUT2D eigenvalue weighted by Gasteiger charge is -2.10. The normalized spacial score (nSPS) is 13.8. The zero-order valence-electron chi connectivity index (χ0n) is 14.1. The number of methoxy groups -OCH3 is 1. The lowest BCUT2D eigenvalue weighted by Crippen LogP contribution is -2.24. The van der Waals surface area contributed by atoms with Gasteiger partial charge in [-0.2, -0.15) is 4.98 Å². The smallest absolute Gasteiger partial charge is 0.252 e. The molecule has 0 saturated heterocycles. The van der Waals surface area contributed by atoms with Gasteiger partial charge in [-0.25, -0.2) is 0 Å². The highest BCUT2D eigenvalue weighted by molar-refractivity contribution is 6.06. The second-order valence-corrected chi connectivity index (χ2v) is 6.16. The van der Waals surface area contributed by atoms with E-state index in [0.29, 0.717) is 28.9 Å². The van der Waals surface area contributed by atoms with Gasteiger partial charge >= 0.3 is 0 Å². The van der Waals surface area contributed by atoms with E-state index in [2.05, 4.69) is 15.5 Å². The van der Waals surface area contributed by atoms with Gasteiger partial charge in [0.25, 0.3) is 5.91 Å². The average molecular weight is 338 g/mol. The van der Waals surface area contributed by atoms with Crippen molar-refractivity contribution in [3.63, 3.8) is 0 Å². The fourth-order valence-corrected chi connectivity index (χ4v) is 2.80. The maximum atomic E-state index is 12.8. The van der Waals surface area contributed by atoms with Gasteiger partial charge in [0.2, 0.25) is 5.89 Å². The number of fused-ring (bicyclic) bond motifs is 1. The number of hydrogen-bond acceptors (Lipinski definition) is 6. The van der Waals surface area contributed by atoms with E-state index in [1.54, 1.807) is 14.0 Å². The third-order valence-corrected chi connectivity index (χ3v) is 4.25. The van der Waals surface area contributed by atoms with E-state index in [4.69, 9.17) is 14.2 Å². The Morgan fingerprint density at radius 2 is 2.16 bits per heavy atom. The molecule has 1 aliphatic carbocycles. The standard InChI is InChI=1S/C18H18N4O3/c1-10-20-17(22-25-10)9-19-18(23)14-8-16(11-3-4-11)21-15-6-5-12(24-2)7-13(14)15/h5-8,11H,3-4,9H2,1-2H3,(H,19,23). The Hall–Kier alpha value is -2.96. The highest BCUT2D eigenvalue weighted by Crippen LogP contribution is 2.40. The van der Waals surface area contributed by atoms with Crippen molar-refractivity contribution in [1.29, 1.82) is 0 Å². The van der Waals surface area contributed by atoms with Crippen LogP contribution in [0.5, 0.6) is 5.75 Å². The van der Waals surface area contributed by atoms with Crippen LogP contribution in [0.2, 0.25) is 0 Å². The minimum Gasteiger partial charge on any atom is -0.497 e. The molecule has 1 amide bonds. The Kier molecular flexibility index (Phi) is 3.83. The maximum Gasteiger partial charge on any atom is 0.252 e. The number of benzene rings is 1. The van der Waals surface area contributed by atoms with Crippen LogP contribution in [-0.2, 0) is 6.54 Å². The highest BCUT2D eigenvalue weighted by atomic mass is 16.5. The van der Waals surface area contributed by atoms with Crippen LogP contribution in [0.1, 0.15) is 46.5 Å². The average Bonchev–Trinajstić information content (AvgIpc) is 3.40. The number of nitrogens with one attached hydrogen (secondary N) is 1. The monoisotopic (exact) mass is 338 g/mol. The molecule has 25 heavy (non-hydrogen) atoms. The van der Waals surface area contributed by atoms with E-state index in [9.17, 15) is 4.79 Å². The van der Waals surface area contributed by atoms with Crippen molar-refractivity contribution in [1.82, 2.24) is 20.4 Å². The summed E-state index contributed by atoms with van der Waals surface area (Å²) in [6.45, 7) is 1.92. The van der Waals surface area contributed by atoms with E-state index in [-0.39, 0.29) is 12.5 Å². The Balaban J connectivity index is 1.68. The van der Waals surface area contributed by atoms with Gasteiger partial charge in [0.1, 0.15) is 5.75 Å². The van der Waals surface area contributed by atoms with Crippen LogP contribution in [0.15, 0.2) is 28.8 Å². The van der Waals surface area contributed by atoms with Gasteiger partial charge in [-0.1, -0.05) is 5.16 Å². The number of ether oxygens (including phenoxy) is 1. The molecule has 1 fully saturated rings. The molecule has 3 aromatic rings. The summed E-state index contributed by atoms with van der Waals surface area (Å²) in [6.07, 6.45) is 2.25. The molecule has 2 heterocycles. The molecule has 0 atom stereocenters. The Bertz CT molecular complexity index is 947. The highest BCUT2D eigenvalue weighted by Gasteiger charge is 2.27. The molecule has 0 spiro atoms. The molecule has 128 valence electrons. The van der Waals surface area contributed by atoms with Crippen molar-refractivity contribution < 1.29 is 14.1 Å². The lowest BCUT2D eigenvalue weighted by atomic mass is 10.0. The number of rotatable bonds is 5. The van der Waals surface area contributed by atoms with Gasteiger partial charge in [-0.05, 0) is 37.1 Å². The van der Waals surface area contributed by atoms with Crippen molar-refractivity contribution in [2.45, 2.75) is 32.2 Å². The lowest BCUT2D eigenvalue weighted by molar-refractivity contribution is 0.0951. The molecule has 0 aliphatic heterocycles. The quantitative estimate of drug-likeness (QED) is 0.769. The van der Waals surface area contributed by atoms with Gasteiger partial charge < -0.3 is 14.6 Å². The number of amides is 1. The first-order valence-corrected chi connectivity index (χ1v) is 8.20. The molecular weight excluding hydrogens is 320 g/mol. The zero-order chi connectivity index (χ0) is 17.4. The second-order valence-electron chi connectivity index (χ2n) is 6.16. The number of carbonyl (C=O) groups excluding carboxylic acids is 1. The van der Waals surface area contributed by atoms with E-state index >= 15 is 0 Å². The van der Waals surface area contributed by atoms with Gasteiger partial charge in [0.05, 0.1) is 24.7 Å². The molecule has 1 aromatic carbocycles. The predicted octanol–water partition coefficient (Wildman–Crippen LogP) is 2.74. The Morgan fingerprint density at radius 3 is 2.84 bits per heavy atom. The van der Waals surface area contributed by atoms with Crippen molar-refractivity contribution in [3.8, 4) is 5.75 Å². The molecule has 1 aliphatic rings. The molecule has 2 aromatic heterocycles. The van der Waals surface area contributed by atoms with Crippen molar-refractivity contribution >= 4 is 16.8 Å². The van der Waals surface area contributed by atoms with Gasteiger partial charge in [0, 0.05) is 23.9 Å². The maximum absolute atomic E-state index is 12.8. The molecular formula is C18H18N4O3. The molecule has 0 bridgehead atoms. The fraction of sp³-hybridized carbons (Fsp3) is 0.333. The predicted molar refractivity (Wildman–Crippen MR) is 90.5 cm³/mol. The van der Waals surface area contributed by atoms with Gasteiger partial charge in [0.15, 0.2) is 5.82 Å². The molecule has 0 unspecified atom stereocenters. The first-order valence-electron chi connectivity index (χ1n) is 8.20. The molecule has 0 radical (unpaired) electrons. The molecule has 1 N–H and O–H groups in total. The number of carbonyl (C=O) groups is 1. The SMILES string of the molecule is COc1ccc2nc(C3CC3)cc(C(=O)NCc3noc(C)n3)c2c1. The van der Waals surface area contributed by atoms with Crippen molar-refractivity contribution in [2.24, 2.45) is 0 Å². The number of aryl methyl sites for hydroxylation is 1. The van der Waals surface area contributed by atoms with E-state index in [1.165, 1.54) is 0 Å². The van der Waals surface area contributed by atoms with Crippen LogP contribution < -0.4 is 10.1 Å². The summed E-state index contributed by atoms with van der Waals surface area (Å²) in [5.74, 6) is 1.88. The summed E-state index contributed by atoms with van der Waals surface area (Å²) < 4.78 is 10.2. The van der Waals surface area contributed by atoms with Crippen LogP contribution in [0.4, 0.5) is 0 Å². The first-order chi connectivity index (χ1) is 12.1. The summed E-state index contributed by atoms with van der Waals surface area (Å²) in [7, 11) is 1.60. The summed E-state index contributed by atoms with van der Waals surface area (Å²) in [6, 6.07) is 7.47. The summed E-state index contributed by atoms with van der Waals surface area (Å²) in [4.78, 5) is 21.6. The van der Waals surface area contributed by atoms with Gasteiger partial charge in [-0.3, -0.25) is 9.78 Å². The number of aromatic nitrogens is 3. The fourth-order valence-electron chi connectivity index (χ4n) is 2.80. The molecule has 7 nitrogen and oxygen atoms in total. The summed E-state index contributed by atoms with van der Waals surface area (Å²) >= 11 is 0. The molecule has 4 rings (SSSR count). The van der Waals surface area contributed by atoms with E-state index in [0.717, 1.165) is 29.4 Å². The molecule has 1 saturated carbocycles. The first kappa shape index (κ1) is 15.6. The largest absolute Gasteiger partial charge is 0.497 e. The van der Waals surface area contributed by atoms with Crippen LogP contribution in [0.25, 0.3) is 10.9 Å². The van der Waals surface area contributed by atoms with Crippen LogP contribution >= 0.6 is 0 Å². The number of pyridine rings is 1. The van der Waals surface area contributed by atoms with Crippen LogP contribution in [0.3, 0.4) is 0 Å². The molecule has 7 heteroatoms. The van der Waals surface area contributed by atoms with Crippen molar-refractivity contribution in [2.75, 3.05) is 7.11 Å². The number of nitrogens with zero attached hydrogens (tertiary/aromatic N) is 3. The van der Waals surface area contributed by atoms with Crippen LogP contribution in [0, 0.1) is 6.92 Å². The summed E-state index contributed by atoms with van der Waals surface area (Å²) in [5, 5.41) is 7.41. The zero-order valence-corrected chi connectivity index (χ0v) is 14.1. The second kappa shape index (κ2) is 6.16. The third kappa shape index (κ3) is 3.17. The Morgan fingerprint density at radius 1 is 1.32 bits per heavy atom. The topological polar surface area (TPSA) is 90.1 Å². The van der Waals surface area contributed by atoms with Crippen LogP contribution in [-0.4, -0.2) is 28.1 Å². The Labute approximate surface area is 144 Å². The minimum absolute atomic E-state index is 0.190. The van der Waals surface area contributed by atoms with E-state index in [1.807, 2.05) is 24.3 Å². The number of hydrogen-bond donors (Lipinski definition) is 1. The van der Waals surface area contributed by atoms with E-state index < -0.39 is 0 Å². The summed E-state index contributed by atoms with van der Waals surface area (Å²) in [5.41, 5.74) is 2.36. The van der Waals surface area contributed by atoms with Gasteiger partial charge in [-0.15, -0.1) is 0 Å². The van der Waals surface area contributed by atoms with Crippen molar-refractivity contribution in [3.05, 3.63) is 47.2 Å².